The molecule has 0 aromatic heterocycles. The van der Waals surface area contributed by atoms with Crippen molar-refractivity contribution in [1.29, 1.82) is 0 Å². The van der Waals surface area contributed by atoms with E-state index in [1.807, 2.05) is 30.3 Å². The maximum absolute atomic E-state index is 13.8. The second-order valence-electron chi connectivity index (χ2n) is 9.23. The Labute approximate surface area is 185 Å². The second-order valence-corrected chi connectivity index (χ2v) is 9.23. The molecule has 1 spiro atoms. The van der Waals surface area contributed by atoms with Crippen molar-refractivity contribution in [2.24, 2.45) is 11.8 Å². The zero-order chi connectivity index (χ0) is 22.0. The lowest BCUT2D eigenvalue weighted by Crippen LogP contribution is -2.52. The molecular weight excluding hydrogens is 406 g/mol. The Morgan fingerprint density at radius 1 is 0.750 bits per heavy atom. The van der Waals surface area contributed by atoms with Gasteiger partial charge in [0.1, 0.15) is 0 Å². The highest BCUT2D eigenvalue weighted by atomic mass is 16.5. The fraction of sp³-hybridized carbons (Fsp3) is 0.385. The molecule has 6 rings (SSSR count). The van der Waals surface area contributed by atoms with Gasteiger partial charge >= 0.3 is 0 Å². The van der Waals surface area contributed by atoms with Gasteiger partial charge in [0.25, 0.3) is 0 Å². The summed E-state index contributed by atoms with van der Waals surface area (Å²) in [6.07, 6.45) is 3.72. The molecule has 0 bridgehead atoms. The minimum Gasteiger partial charge on any atom is -0.349 e. The van der Waals surface area contributed by atoms with Crippen LogP contribution in [0.5, 0.6) is 0 Å². The van der Waals surface area contributed by atoms with Crippen molar-refractivity contribution < 1.29 is 23.9 Å². The van der Waals surface area contributed by atoms with E-state index in [9.17, 15) is 19.2 Å². The maximum atomic E-state index is 13.8. The molecule has 3 fully saturated rings. The Balaban J connectivity index is 1.51. The number of benzene rings is 2. The largest absolute Gasteiger partial charge is 0.349 e. The third kappa shape index (κ3) is 2.39. The predicted molar refractivity (Wildman–Crippen MR) is 114 cm³/mol. The van der Waals surface area contributed by atoms with Crippen molar-refractivity contribution in [3.05, 3.63) is 71.3 Å². The lowest BCUT2D eigenvalue weighted by atomic mass is 9.77. The van der Waals surface area contributed by atoms with Crippen molar-refractivity contribution in [3.63, 3.8) is 0 Å². The Hall–Kier alpha value is -3.12. The Morgan fingerprint density at radius 2 is 1.34 bits per heavy atom. The number of hydrogen-bond donors (Lipinski definition) is 0. The van der Waals surface area contributed by atoms with Crippen molar-refractivity contribution in [2.45, 2.75) is 49.9 Å². The standard InChI is InChI=1S/C26H23NO5/c28-22-17-13-7-8-14-18(17)23(29)26(22)20-19(21(32-26)15-9-3-1-4-10-15)24(30)27(25(20)31)16-11-5-2-6-12-16/h1,3-4,7-10,13-14,16,19-21H,2,5-6,11-12H2. The average Bonchev–Trinajstić information content (AvgIpc) is 3.40. The first kappa shape index (κ1) is 19.6. The minimum atomic E-state index is -1.97. The second kappa shape index (κ2) is 6.94. The van der Waals surface area contributed by atoms with Crippen LogP contribution < -0.4 is 0 Å². The summed E-state index contributed by atoms with van der Waals surface area (Å²) in [7, 11) is 0. The van der Waals surface area contributed by atoms with Gasteiger partial charge in [0.05, 0.1) is 17.9 Å². The summed E-state index contributed by atoms with van der Waals surface area (Å²) >= 11 is 0. The number of Topliss-reactive ketones (excluding diaryl/α,β-unsaturated/α-hetero) is 2. The van der Waals surface area contributed by atoms with E-state index < -0.39 is 41.0 Å². The van der Waals surface area contributed by atoms with Gasteiger partial charge in [-0.05, 0) is 18.4 Å². The third-order valence-corrected chi connectivity index (χ3v) is 7.62. The molecule has 2 aromatic carbocycles. The number of likely N-dealkylation sites (tertiary alicyclic amines) is 1. The number of imide groups is 1. The Morgan fingerprint density at radius 3 is 1.97 bits per heavy atom. The van der Waals surface area contributed by atoms with E-state index in [0.29, 0.717) is 5.56 Å². The third-order valence-electron chi connectivity index (χ3n) is 7.62. The lowest BCUT2D eigenvalue weighted by Gasteiger charge is -2.33. The number of ketones is 2. The number of carbonyl (C=O) groups is 4. The zero-order valence-electron chi connectivity index (χ0n) is 17.5. The molecule has 2 aliphatic carbocycles. The molecule has 162 valence electrons. The van der Waals surface area contributed by atoms with Crippen LogP contribution in [-0.2, 0) is 14.3 Å². The van der Waals surface area contributed by atoms with E-state index in [2.05, 4.69) is 0 Å². The minimum absolute atomic E-state index is 0.170. The molecule has 0 N–H and O–H groups in total. The summed E-state index contributed by atoms with van der Waals surface area (Å²) in [5, 5.41) is 0. The van der Waals surface area contributed by atoms with Gasteiger partial charge < -0.3 is 4.74 Å². The molecule has 32 heavy (non-hydrogen) atoms. The Bertz CT molecular complexity index is 1110. The normalized spacial score (nSPS) is 29.1. The lowest BCUT2D eigenvalue weighted by molar-refractivity contribution is -0.148. The molecule has 4 aliphatic rings. The fourth-order valence-electron chi connectivity index (χ4n) is 6.18. The molecule has 2 aromatic rings. The van der Waals surface area contributed by atoms with Crippen LogP contribution in [0.1, 0.15) is 64.5 Å². The molecule has 2 aliphatic heterocycles. The molecular formula is C26H23NO5. The van der Waals surface area contributed by atoms with Crippen LogP contribution in [0, 0.1) is 11.8 Å². The average molecular weight is 429 g/mol. The number of hydrogen-bond acceptors (Lipinski definition) is 5. The van der Waals surface area contributed by atoms with Crippen LogP contribution in [0.25, 0.3) is 0 Å². The quantitative estimate of drug-likeness (QED) is 0.539. The van der Waals surface area contributed by atoms with E-state index >= 15 is 0 Å². The van der Waals surface area contributed by atoms with E-state index in [1.54, 1.807) is 24.3 Å². The Kier molecular flexibility index (Phi) is 4.24. The van der Waals surface area contributed by atoms with Gasteiger partial charge in [0.15, 0.2) is 0 Å². The fourth-order valence-corrected chi connectivity index (χ4v) is 6.18. The molecule has 2 amide bonds. The molecule has 2 saturated heterocycles. The van der Waals surface area contributed by atoms with Crippen molar-refractivity contribution in [2.75, 3.05) is 0 Å². The van der Waals surface area contributed by atoms with E-state index in [4.69, 9.17) is 4.74 Å². The predicted octanol–water partition coefficient (Wildman–Crippen LogP) is 3.51. The number of carbonyl (C=O) groups excluding carboxylic acids is 4. The summed E-state index contributed by atoms with van der Waals surface area (Å²) in [4.78, 5) is 56.2. The first-order valence-corrected chi connectivity index (χ1v) is 11.3. The van der Waals surface area contributed by atoms with Gasteiger partial charge in [0.2, 0.25) is 29.0 Å². The van der Waals surface area contributed by atoms with Crippen LogP contribution >= 0.6 is 0 Å². The highest BCUT2D eigenvalue weighted by Crippen LogP contribution is 2.57. The molecule has 2 heterocycles. The molecule has 6 heteroatoms. The first-order chi connectivity index (χ1) is 15.6. The number of amides is 2. The van der Waals surface area contributed by atoms with Gasteiger partial charge in [-0.1, -0.05) is 73.9 Å². The van der Waals surface area contributed by atoms with Gasteiger partial charge in [-0.25, -0.2) is 0 Å². The van der Waals surface area contributed by atoms with E-state index in [1.165, 1.54) is 4.90 Å². The van der Waals surface area contributed by atoms with Crippen LogP contribution in [0.4, 0.5) is 0 Å². The summed E-state index contributed by atoms with van der Waals surface area (Å²) in [5.41, 5.74) is -0.740. The summed E-state index contributed by atoms with van der Waals surface area (Å²) < 4.78 is 6.28. The maximum Gasteiger partial charge on any atom is 0.237 e. The summed E-state index contributed by atoms with van der Waals surface area (Å²) in [6, 6.07) is 15.5. The SMILES string of the molecule is O=C1C2C(c3ccccc3)OC3(C(=O)c4ccccc4C3=O)C2C(=O)N1C1CCCCC1. The number of rotatable bonds is 2. The highest BCUT2D eigenvalue weighted by molar-refractivity contribution is 6.35. The van der Waals surface area contributed by atoms with Gasteiger partial charge in [0, 0.05) is 17.2 Å². The molecule has 0 radical (unpaired) electrons. The molecule has 6 nitrogen and oxygen atoms in total. The van der Waals surface area contributed by atoms with Crippen molar-refractivity contribution in [1.82, 2.24) is 4.90 Å². The summed E-state index contributed by atoms with van der Waals surface area (Å²) in [5.74, 6) is -3.76. The van der Waals surface area contributed by atoms with Gasteiger partial charge in [-0.15, -0.1) is 0 Å². The van der Waals surface area contributed by atoms with Crippen molar-refractivity contribution in [3.8, 4) is 0 Å². The van der Waals surface area contributed by atoms with Crippen molar-refractivity contribution >= 4 is 23.4 Å². The van der Waals surface area contributed by atoms with E-state index in [-0.39, 0.29) is 23.1 Å². The van der Waals surface area contributed by atoms with Crippen LogP contribution in [0.2, 0.25) is 0 Å². The number of nitrogens with zero attached hydrogens (tertiary/aromatic N) is 1. The first-order valence-electron chi connectivity index (χ1n) is 11.3. The monoisotopic (exact) mass is 429 g/mol. The smallest absolute Gasteiger partial charge is 0.237 e. The molecule has 3 unspecified atom stereocenters. The zero-order valence-corrected chi connectivity index (χ0v) is 17.5. The molecule has 1 saturated carbocycles. The van der Waals surface area contributed by atoms with Gasteiger partial charge in [-0.2, -0.15) is 0 Å². The summed E-state index contributed by atoms with van der Waals surface area (Å²) in [6.45, 7) is 0. The van der Waals surface area contributed by atoms with Crippen LogP contribution in [0.15, 0.2) is 54.6 Å². The highest BCUT2D eigenvalue weighted by Gasteiger charge is 2.75. The van der Waals surface area contributed by atoms with Gasteiger partial charge in [-0.3, -0.25) is 24.1 Å². The number of ether oxygens (including phenoxy) is 1. The van der Waals surface area contributed by atoms with Crippen LogP contribution in [-0.4, -0.2) is 39.9 Å². The van der Waals surface area contributed by atoms with E-state index in [0.717, 1.165) is 32.1 Å². The number of fused-ring (bicyclic) bond motifs is 3. The van der Waals surface area contributed by atoms with Crippen LogP contribution in [0.3, 0.4) is 0 Å². The topological polar surface area (TPSA) is 80.8 Å². The molecule has 3 atom stereocenters.